The zero-order valence-corrected chi connectivity index (χ0v) is 28.2. The molecular weight excluding hydrogens is 597 g/mol. The number of rotatable bonds is 3. The Kier molecular flexibility index (Phi) is 5.69. The molecule has 2 heterocycles. The first-order valence-corrected chi connectivity index (χ1v) is 17.2. The van der Waals surface area contributed by atoms with E-state index in [0.717, 1.165) is 39.9 Å². The van der Waals surface area contributed by atoms with Gasteiger partial charge in [-0.1, -0.05) is 131 Å². The summed E-state index contributed by atoms with van der Waals surface area (Å²) in [6.45, 7) is 9.37. The van der Waals surface area contributed by atoms with Gasteiger partial charge < -0.3 is 14.5 Å². The highest BCUT2D eigenvalue weighted by molar-refractivity contribution is 6.03. The van der Waals surface area contributed by atoms with E-state index in [-0.39, 0.29) is 10.8 Å². The van der Waals surface area contributed by atoms with Crippen molar-refractivity contribution in [2.24, 2.45) is 0 Å². The molecule has 49 heavy (non-hydrogen) atoms. The molecule has 3 nitrogen and oxygen atoms in total. The molecule has 0 unspecified atom stereocenters. The summed E-state index contributed by atoms with van der Waals surface area (Å²) in [6, 6.07) is 53.1. The van der Waals surface area contributed by atoms with E-state index in [0.29, 0.717) is 0 Å². The van der Waals surface area contributed by atoms with Gasteiger partial charge in [0.05, 0.1) is 28.4 Å². The fourth-order valence-electron chi connectivity index (χ4n) is 8.76. The standard InChI is InChI=1S/C46H36N2O/c1-45(2)34-18-8-7-17-32(34)33-25-24-30(28-37(33)45)47(38-22-13-15-29-14-5-6-16-31(29)38)41-27-26-36-43-44(41)49-42-23-12-11-21-40(42)48(43)39-20-10-9-19-35(39)46(36,3)4/h5-28H,1-4H3. The SMILES string of the molecule is CC1(C)c2ccccc2-c2ccc(N(c3ccc4c5c3Oc3ccccc3N5c3ccccc3C4(C)C)c3cccc4ccccc34)cc21. The molecule has 236 valence electrons. The van der Waals surface area contributed by atoms with Crippen molar-refractivity contribution >= 4 is 44.9 Å². The van der Waals surface area contributed by atoms with Crippen molar-refractivity contribution < 1.29 is 4.74 Å². The molecule has 0 aromatic heterocycles. The summed E-state index contributed by atoms with van der Waals surface area (Å²) in [5.41, 5.74) is 14.2. The summed E-state index contributed by atoms with van der Waals surface area (Å²) < 4.78 is 7.10. The maximum absolute atomic E-state index is 7.10. The van der Waals surface area contributed by atoms with E-state index < -0.39 is 0 Å². The molecule has 0 spiro atoms. The number of benzene rings is 7. The average molecular weight is 633 g/mol. The lowest BCUT2D eigenvalue weighted by molar-refractivity contribution is 0.472. The third kappa shape index (κ3) is 3.79. The zero-order valence-electron chi connectivity index (χ0n) is 28.2. The molecule has 0 bridgehead atoms. The van der Waals surface area contributed by atoms with Gasteiger partial charge in [0.2, 0.25) is 0 Å². The van der Waals surface area contributed by atoms with Gasteiger partial charge >= 0.3 is 0 Å². The van der Waals surface area contributed by atoms with Crippen molar-refractivity contribution in [1.29, 1.82) is 0 Å². The molecule has 2 aliphatic heterocycles. The van der Waals surface area contributed by atoms with E-state index >= 15 is 0 Å². The first kappa shape index (κ1) is 28.2. The molecule has 0 saturated heterocycles. The number of hydrogen-bond donors (Lipinski definition) is 0. The number of hydrogen-bond acceptors (Lipinski definition) is 3. The lowest BCUT2D eigenvalue weighted by Gasteiger charge is -2.46. The maximum Gasteiger partial charge on any atom is 0.175 e. The molecule has 0 fully saturated rings. The number of nitrogens with zero attached hydrogens (tertiary/aromatic N) is 2. The Balaban J connectivity index is 1.28. The summed E-state index contributed by atoms with van der Waals surface area (Å²) in [4.78, 5) is 4.86. The lowest BCUT2D eigenvalue weighted by atomic mass is 9.73. The Morgan fingerprint density at radius 2 is 1.18 bits per heavy atom. The van der Waals surface area contributed by atoms with Crippen LogP contribution in [0.4, 0.5) is 34.1 Å². The van der Waals surface area contributed by atoms with Crippen LogP contribution in [0.25, 0.3) is 21.9 Å². The van der Waals surface area contributed by atoms with Gasteiger partial charge in [-0.15, -0.1) is 0 Å². The molecule has 1 aliphatic carbocycles. The molecule has 7 aromatic rings. The van der Waals surface area contributed by atoms with Gasteiger partial charge in [0.1, 0.15) is 0 Å². The number of fused-ring (bicyclic) bond motifs is 8. The van der Waals surface area contributed by atoms with E-state index in [1.165, 1.54) is 49.8 Å². The molecule has 7 aromatic carbocycles. The van der Waals surface area contributed by atoms with Crippen LogP contribution in [0.3, 0.4) is 0 Å². The van der Waals surface area contributed by atoms with E-state index in [1.54, 1.807) is 0 Å². The van der Waals surface area contributed by atoms with E-state index in [1.807, 2.05) is 0 Å². The predicted molar refractivity (Wildman–Crippen MR) is 203 cm³/mol. The molecular formula is C46H36N2O. The Labute approximate surface area is 287 Å². The Morgan fingerprint density at radius 3 is 2.06 bits per heavy atom. The number of ether oxygens (including phenoxy) is 1. The van der Waals surface area contributed by atoms with Crippen molar-refractivity contribution in [3.05, 3.63) is 168 Å². The maximum atomic E-state index is 7.10. The Bertz CT molecular complexity index is 2500. The van der Waals surface area contributed by atoms with Gasteiger partial charge in [0, 0.05) is 21.9 Å². The molecule has 3 aliphatic rings. The average Bonchev–Trinajstić information content (AvgIpc) is 3.36. The molecule has 0 atom stereocenters. The highest BCUT2D eigenvalue weighted by atomic mass is 16.5. The fraction of sp³-hybridized carbons (Fsp3) is 0.130. The van der Waals surface area contributed by atoms with Crippen molar-refractivity contribution in [2.75, 3.05) is 9.80 Å². The first-order chi connectivity index (χ1) is 23.8. The second-order valence-electron chi connectivity index (χ2n) is 14.6. The van der Waals surface area contributed by atoms with Crippen molar-refractivity contribution in [3.63, 3.8) is 0 Å². The van der Waals surface area contributed by atoms with Crippen molar-refractivity contribution in [2.45, 2.75) is 38.5 Å². The van der Waals surface area contributed by atoms with E-state index in [4.69, 9.17) is 4.74 Å². The first-order valence-electron chi connectivity index (χ1n) is 17.2. The second kappa shape index (κ2) is 9.87. The van der Waals surface area contributed by atoms with Gasteiger partial charge in [0.15, 0.2) is 11.5 Å². The van der Waals surface area contributed by atoms with Crippen molar-refractivity contribution in [1.82, 2.24) is 0 Å². The number of para-hydroxylation sites is 3. The third-order valence-corrected chi connectivity index (χ3v) is 11.2. The summed E-state index contributed by atoms with van der Waals surface area (Å²) in [7, 11) is 0. The smallest absolute Gasteiger partial charge is 0.175 e. The van der Waals surface area contributed by atoms with E-state index in [9.17, 15) is 0 Å². The Hall–Kier alpha value is -5.80. The molecule has 10 rings (SSSR count). The molecule has 0 N–H and O–H groups in total. The van der Waals surface area contributed by atoms with Gasteiger partial charge in [0.25, 0.3) is 0 Å². The van der Waals surface area contributed by atoms with Crippen LogP contribution in [0.2, 0.25) is 0 Å². The van der Waals surface area contributed by atoms with Crippen LogP contribution in [-0.2, 0) is 10.8 Å². The molecule has 3 heteroatoms. The normalized spacial score (nSPS) is 15.4. The summed E-state index contributed by atoms with van der Waals surface area (Å²) >= 11 is 0. The minimum atomic E-state index is -0.223. The van der Waals surface area contributed by atoms with Crippen LogP contribution < -0.4 is 14.5 Å². The summed E-state index contributed by atoms with van der Waals surface area (Å²) in [5.74, 6) is 1.72. The van der Waals surface area contributed by atoms with Crippen LogP contribution in [0, 0.1) is 0 Å². The fourth-order valence-corrected chi connectivity index (χ4v) is 8.76. The van der Waals surface area contributed by atoms with Crippen LogP contribution in [0.15, 0.2) is 146 Å². The van der Waals surface area contributed by atoms with Gasteiger partial charge in [-0.25, -0.2) is 0 Å². The van der Waals surface area contributed by atoms with Gasteiger partial charge in [-0.3, -0.25) is 0 Å². The monoisotopic (exact) mass is 632 g/mol. The minimum absolute atomic E-state index is 0.129. The van der Waals surface area contributed by atoms with Crippen LogP contribution in [-0.4, -0.2) is 0 Å². The van der Waals surface area contributed by atoms with Gasteiger partial charge in [-0.2, -0.15) is 0 Å². The molecule has 0 radical (unpaired) electrons. The highest BCUT2D eigenvalue weighted by Gasteiger charge is 2.43. The topological polar surface area (TPSA) is 15.7 Å². The summed E-state index contributed by atoms with van der Waals surface area (Å²) in [6.07, 6.45) is 0. The quantitative estimate of drug-likeness (QED) is 0.193. The molecule has 0 saturated carbocycles. The van der Waals surface area contributed by atoms with Crippen LogP contribution in [0.5, 0.6) is 11.5 Å². The highest BCUT2D eigenvalue weighted by Crippen LogP contribution is 2.63. The third-order valence-electron chi connectivity index (χ3n) is 11.2. The summed E-state index contributed by atoms with van der Waals surface area (Å²) in [5, 5.41) is 2.39. The second-order valence-corrected chi connectivity index (χ2v) is 14.6. The number of anilines is 6. The van der Waals surface area contributed by atoms with Crippen LogP contribution in [0.1, 0.15) is 49.9 Å². The largest absolute Gasteiger partial charge is 0.451 e. The minimum Gasteiger partial charge on any atom is -0.451 e. The zero-order chi connectivity index (χ0) is 33.1. The van der Waals surface area contributed by atoms with Crippen molar-refractivity contribution in [3.8, 4) is 22.6 Å². The lowest BCUT2D eigenvalue weighted by Crippen LogP contribution is -2.32. The van der Waals surface area contributed by atoms with Crippen LogP contribution >= 0.6 is 0 Å². The molecule has 0 amide bonds. The predicted octanol–water partition coefficient (Wildman–Crippen LogP) is 12.8. The van der Waals surface area contributed by atoms with Gasteiger partial charge in [-0.05, 0) is 81.2 Å². The van der Waals surface area contributed by atoms with E-state index in [2.05, 4.69) is 183 Å². The Morgan fingerprint density at radius 1 is 0.510 bits per heavy atom.